The third-order valence-corrected chi connectivity index (χ3v) is 6.91. The van der Waals surface area contributed by atoms with Gasteiger partial charge in [0.05, 0.1) is 17.1 Å². The van der Waals surface area contributed by atoms with E-state index in [1.54, 1.807) is 4.31 Å². The molecule has 7 heteroatoms. The van der Waals surface area contributed by atoms with Crippen LogP contribution >= 0.6 is 0 Å². The zero-order valence-corrected chi connectivity index (χ0v) is 17.2. The number of fused-ring (bicyclic) bond motifs is 1. The van der Waals surface area contributed by atoms with E-state index in [2.05, 4.69) is 28.5 Å². The number of aromatic amines is 1. The first-order valence-corrected chi connectivity index (χ1v) is 10.8. The van der Waals surface area contributed by atoms with Gasteiger partial charge in [0.2, 0.25) is 0 Å². The van der Waals surface area contributed by atoms with Gasteiger partial charge in [0, 0.05) is 13.1 Å². The third kappa shape index (κ3) is 4.10. The van der Waals surface area contributed by atoms with Crippen LogP contribution in [0.5, 0.6) is 0 Å². The van der Waals surface area contributed by atoms with Crippen LogP contribution < -0.4 is 4.72 Å². The molecule has 1 aromatic heterocycles. The number of hydrogen-bond donors (Lipinski definition) is 2. The average molecular weight is 379 g/mol. The SMILES string of the molecule is Cc1ccc2nc(C(NS(=O)(=O)N3CCC(C)(C)CC3)C(C)C)[nH]c2c1. The molecular weight excluding hydrogens is 348 g/mol. The van der Waals surface area contributed by atoms with Gasteiger partial charge in [-0.2, -0.15) is 17.4 Å². The van der Waals surface area contributed by atoms with Gasteiger partial charge in [-0.15, -0.1) is 0 Å². The Balaban J connectivity index is 1.83. The van der Waals surface area contributed by atoms with Gasteiger partial charge >= 0.3 is 0 Å². The molecule has 1 unspecified atom stereocenters. The Kier molecular flexibility index (Phi) is 5.16. The molecule has 0 spiro atoms. The van der Waals surface area contributed by atoms with Gasteiger partial charge in [0.15, 0.2) is 0 Å². The molecule has 3 rings (SSSR count). The lowest BCUT2D eigenvalue weighted by Crippen LogP contribution is -2.48. The fourth-order valence-corrected chi connectivity index (χ4v) is 4.88. The Hall–Kier alpha value is -1.44. The lowest BCUT2D eigenvalue weighted by Gasteiger charge is -2.36. The maximum Gasteiger partial charge on any atom is 0.280 e. The van der Waals surface area contributed by atoms with Crippen LogP contribution in [0.25, 0.3) is 11.0 Å². The molecule has 144 valence electrons. The van der Waals surface area contributed by atoms with Crippen LogP contribution in [0.15, 0.2) is 18.2 Å². The fourth-order valence-electron chi connectivity index (χ4n) is 3.36. The minimum Gasteiger partial charge on any atom is -0.341 e. The summed E-state index contributed by atoms with van der Waals surface area (Å²) in [4.78, 5) is 7.93. The van der Waals surface area contributed by atoms with Crippen LogP contribution in [0.4, 0.5) is 0 Å². The van der Waals surface area contributed by atoms with Gasteiger partial charge in [0.1, 0.15) is 5.82 Å². The Morgan fingerprint density at radius 2 is 1.88 bits per heavy atom. The van der Waals surface area contributed by atoms with Crippen LogP contribution in [0.1, 0.15) is 58.0 Å². The van der Waals surface area contributed by atoms with Crippen molar-refractivity contribution in [1.82, 2.24) is 19.0 Å². The number of nitrogens with zero attached hydrogens (tertiary/aromatic N) is 2. The minimum absolute atomic E-state index is 0.0765. The molecule has 2 heterocycles. The molecule has 26 heavy (non-hydrogen) atoms. The van der Waals surface area contributed by atoms with Gasteiger partial charge in [-0.25, -0.2) is 4.98 Å². The van der Waals surface area contributed by atoms with E-state index in [0.717, 1.165) is 29.4 Å². The minimum atomic E-state index is -3.55. The van der Waals surface area contributed by atoms with Gasteiger partial charge in [-0.3, -0.25) is 0 Å². The molecule has 0 radical (unpaired) electrons. The highest BCUT2D eigenvalue weighted by Gasteiger charge is 2.34. The molecule has 6 nitrogen and oxygen atoms in total. The van der Waals surface area contributed by atoms with Crippen LogP contribution in [0, 0.1) is 18.3 Å². The topological polar surface area (TPSA) is 78.1 Å². The van der Waals surface area contributed by atoms with Gasteiger partial charge in [0.25, 0.3) is 10.2 Å². The van der Waals surface area contributed by atoms with Crippen LogP contribution in [-0.2, 0) is 10.2 Å². The summed E-state index contributed by atoms with van der Waals surface area (Å²) in [6, 6.07) is 5.62. The highest BCUT2D eigenvalue weighted by Crippen LogP contribution is 2.31. The fraction of sp³-hybridized carbons (Fsp3) is 0.632. The van der Waals surface area contributed by atoms with E-state index >= 15 is 0 Å². The molecule has 1 saturated heterocycles. The van der Waals surface area contributed by atoms with E-state index in [9.17, 15) is 8.42 Å². The Morgan fingerprint density at radius 3 is 2.50 bits per heavy atom. The maximum absolute atomic E-state index is 12.9. The van der Waals surface area contributed by atoms with Crippen molar-refractivity contribution in [3.63, 3.8) is 0 Å². The van der Waals surface area contributed by atoms with E-state index in [0.29, 0.717) is 18.9 Å². The summed E-state index contributed by atoms with van der Waals surface area (Å²) in [7, 11) is -3.55. The number of imidazole rings is 1. The Labute approximate surface area is 156 Å². The molecule has 2 N–H and O–H groups in total. The largest absolute Gasteiger partial charge is 0.341 e. The summed E-state index contributed by atoms with van der Waals surface area (Å²) in [5.41, 5.74) is 3.14. The monoisotopic (exact) mass is 378 g/mol. The molecule has 1 aliphatic rings. The highest BCUT2D eigenvalue weighted by molar-refractivity contribution is 7.87. The number of piperidine rings is 1. The number of aromatic nitrogens is 2. The predicted octanol–water partition coefficient (Wildman–Crippen LogP) is 3.52. The Bertz CT molecular complexity index is 876. The quantitative estimate of drug-likeness (QED) is 0.835. The van der Waals surface area contributed by atoms with Gasteiger partial charge in [-0.1, -0.05) is 33.8 Å². The second-order valence-electron chi connectivity index (χ2n) is 8.55. The predicted molar refractivity (Wildman–Crippen MR) is 105 cm³/mol. The number of nitrogens with one attached hydrogen (secondary N) is 2. The summed E-state index contributed by atoms with van der Waals surface area (Å²) in [6.45, 7) is 11.5. The molecule has 1 aliphatic heterocycles. The molecule has 1 aromatic carbocycles. The summed E-state index contributed by atoms with van der Waals surface area (Å²) < 4.78 is 30.3. The van der Waals surface area contributed by atoms with Crippen molar-refractivity contribution in [1.29, 1.82) is 0 Å². The van der Waals surface area contributed by atoms with Crippen molar-refractivity contribution in [2.75, 3.05) is 13.1 Å². The van der Waals surface area contributed by atoms with E-state index in [-0.39, 0.29) is 17.4 Å². The number of H-pyrrole nitrogens is 1. The second kappa shape index (κ2) is 6.94. The first kappa shape index (κ1) is 19.3. The van der Waals surface area contributed by atoms with Crippen molar-refractivity contribution in [3.05, 3.63) is 29.6 Å². The van der Waals surface area contributed by atoms with Crippen LogP contribution in [0.3, 0.4) is 0 Å². The summed E-state index contributed by atoms with van der Waals surface area (Å²) in [5.74, 6) is 0.745. The normalized spacial score (nSPS) is 19.9. The lowest BCUT2D eigenvalue weighted by molar-refractivity contribution is 0.193. The molecule has 0 bridgehead atoms. The lowest BCUT2D eigenvalue weighted by atomic mass is 9.83. The van der Waals surface area contributed by atoms with Crippen molar-refractivity contribution in [2.45, 2.75) is 53.5 Å². The van der Waals surface area contributed by atoms with Crippen LogP contribution in [-0.4, -0.2) is 35.8 Å². The number of aryl methyl sites for hydroxylation is 1. The summed E-state index contributed by atoms with van der Waals surface area (Å²) in [5, 5.41) is 0. The zero-order valence-electron chi connectivity index (χ0n) is 16.3. The molecule has 2 aromatic rings. The smallest absolute Gasteiger partial charge is 0.280 e. The molecular formula is C19H30N4O2S. The average Bonchev–Trinajstić information content (AvgIpc) is 2.94. The van der Waals surface area contributed by atoms with Crippen molar-refractivity contribution in [2.24, 2.45) is 11.3 Å². The van der Waals surface area contributed by atoms with Gasteiger partial charge in [-0.05, 0) is 48.8 Å². The van der Waals surface area contributed by atoms with Crippen molar-refractivity contribution >= 4 is 21.2 Å². The van der Waals surface area contributed by atoms with Crippen molar-refractivity contribution in [3.8, 4) is 0 Å². The standard InChI is InChI=1S/C19H30N4O2S/c1-13(2)17(18-20-15-7-6-14(3)12-16(15)21-18)22-26(24,25)23-10-8-19(4,5)9-11-23/h6-7,12-13,17,22H,8-11H2,1-5H3,(H,20,21). The highest BCUT2D eigenvalue weighted by atomic mass is 32.2. The van der Waals surface area contributed by atoms with E-state index in [1.165, 1.54) is 0 Å². The number of rotatable bonds is 5. The summed E-state index contributed by atoms with van der Waals surface area (Å²) >= 11 is 0. The van der Waals surface area contributed by atoms with Crippen LogP contribution in [0.2, 0.25) is 0 Å². The number of benzene rings is 1. The van der Waals surface area contributed by atoms with E-state index in [1.807, 2.05) is 39.0 Å². The molecule has 1 atom stereocenters. The zero-order chi connectivity index (χ0) is 19.1. The first-order chi connectivity index (χ1) is 12.1. The first-order valence-electron chi connectivity index (χ1n) is 9.31. The molecule has 1 fully saturated rings. The third-order valence-electron chi connectivity index (χ3n) is 5.31. The Morgan fingerprint density at radius 1 is 1.23 bits per heavy atom. The van der Waals surface area contributed by atoms with Crippen molar-refractivity contribution < 1.29 is 8.42 Å². The molecule has 0 aliphatic carbocycles. The van der Waals surface area contributed by atoms with Gasteiger partial charge < -0.3 is 4.98 Å². The van der Waals surface area contributed by atoms with E-state index in [4.69, 9.17) is 0 Å². The molecule has 0 saturated carbocycles. The summed E-state index contributed by atoms with van der Waals surface area (Å²) in [6.07, 6.45) is 1.76. The maximum atomic E-state index is 12.9. The molecule has 0 amide bonds. The number of hydrogen-bond acceptors (Lipinski definition) is 3. The second-order valence-corrected chi connectivity index (χ2v) is 10.3. The van der Waals surface area contributed by atoms with E-state index < -0.39 is 10.2 Å².